The molecule has 0 fully saturated rings. The Morgan fingerprint density at radius 1 is 1.25 bits per heavy atom. The average molecular weight is 267 g/mol. The molecule has 0 saturated heterocycles. The Kier molecular flexibility index (Phi) is 3.15. The van der Waals surface area contributed by atoms with Crippen LogP contribution in [0.15, 0.2) is 52.5 Å². The number of hydrazone groups is 1. The molecule has 0 atom stereocenters. The SMILES string of the molecule is O=C(N/N=C/c1ccc2nonc2c1)c1cccnc1. The predicted octanol–water partition coefficient (Wildman–Crippen LogP) is 1.38. The molecule has 0 radical (unpaired) electrons. The number of carbonyl (C=O) groups excluding carboxylic acids is 1. The lowest BCUT2D eigenvalue weighted by molar-refractivity contribution is 0.0955. The highest BCUT2D eigenvalue weighted by Gasteiger charge is 2.03. The second kappa shape index (κ2) is 5.27. The van der Waals surface area contributed by atoms with Gasteiger partial charge in [0.2, 0.25) is 0 Å². The van der Waals surface area contributed by atoms with Crippen LogP contribution in [0.3, 0.4) is 0 Å². The maximum atomic E-state index is 11.7. The Labute approximate surface area is 113 Å². The van der Waals surface area contributed by atoms with Gasteiger partial charge < -0.3 is 0 Å². The maximum Gasteiger partial charge on any atom is 0.272 e. The van der Waals surface area contributed by atoms with Gasteiger partial charge in [0.05, 0.1) is 11.8 Å². The molecule has 20 heavy (non-hydrogen) atoms. The molecule has 98 valence electrons. The van der Waals surface area contributed by atoms with Crippen molar-refractivity contribution in [3.05, 3.63) is 53.9 Å². The van der Waals surface area contributed by atoms with Gasteiger partial charge in [-0.1, -0.05) is 6.07 Å². The summed E-state index contributed by atoms with van der Waals surface area (Å²) in [6.45, 7) is 0. The Morgan fingerprint density at radius 3 is 3.00 bits per heavy atom. The summed E-state index contributed by atoms with van der Waals surface area (Å²) in [7, 11) is 0. The van der Waals surface area contributed by atoms with Crippen molar-refractivity contribution in [2.75, 3.05) is 0 Å². The summed E-state index contributed by atoms with van der Waals surface area (Å²) in [6.07, 6.45) is 4.58. The van der Waals surface area contributed by atoms with Crippen molar-refractivity contribution in [1.29, 1.82) is 0 Å². The van der Waals surface area contributed by atoms with E-state index in [4.69, 9.17) is 0 Å². The summed E-state index contributed by atoms with van der Waals surface area (Å²) >= 11 is 0. The summed E-state index contributed by atoms with van der Waals surface area (Å²) in [5.74, 6) is -0.321. The fourth-order valence-corrected chi connectivity index (χ4v) is 1.61. The molecule has 3 aromatic rings. The van der Waals surface area contributed by atoms with E-state index in [2.05, 4.69) is 30.5 Å². The molecular formula is C13H9N5O2. The monoisotopic (exact) mass is 267 g/mol. The van der Waals surface area contributed by atoms with Crippen molar-refractivity contribution in [3.63, 3.8) is 0 Å². The number of rotatable bonds is 3. The second-order valence-corrected chi connectivity index (χ2v) is 3.95. The molecule has 0 aliphatic heterocycles. The quantitative estimate of drug-likeness (QED) is 0.571. The van der Waals surface area contributed by atoms with Crippen molar-refractivity contribution in [2.24, 2.45) is 5.10 Å². The van der Waals surface area contributed by atoms with Crippen LogP contribution in [0.25, 0.3) is 11.0 Å². The molecule has 1 amide bonds. The minimum absolute atomic E-state index is 0.321. The number of pyridine rings is 1. The highest BCUT2D eigenvalue weighted by atomic mass is 16.6. The standard InChI is InChI=1S/C13H9N5O2/c19-13(10-2-1-5-14-8-10)16-15-7-9-3-4-11-12(6-9)18-20-17-11/h1-8H,(H,16,19)/b15-7+. The van der Waals surface area contributed by atoms with Crippen LogP contribution >= 0.6 is 0 Å². The summed E-state index contributed by atoms with van der Waals surface area (Å²) in [5.41, 5.74) is 4.94. The summed E-state index contributed by atoms with van der Waals surface area (Å²) < 4.78 is 4.60. The van der Waals surface area contributed by atoms with Gasteiger partial charge in [0.1, 0.15) is 11.0 Å². The first kappa shape index (κ1) is 12.0. The van der Waals surface area contributed by atoms with E-state index >= 15 is 0 Å². The number of amides is 1. The largest absolute Gasteiger partial charge is 0.272 e. The molecular weight excluding hydrogens is 258 g/mol. The van der Waals surface area contributed by atoms with Crippen molar-refractivity contribution < 1.29 is 9.42 Å². The summed E-state index contributed by atoms with van der Waals surface area (Å²) in [6, 6.07) is 8.66. The van der Waals surface area contributed by atoms with Crippen LogP contribution in [0.4, 0.5) is 0 Å². The Bertz CT molecular complexity index is 767. The molecule has 2 aromatic heterocycles. The first-order valence-electron chi connectivity index (χ1n) is 5.79. The van der Waals surface area contributed by atoms with Gasteiger partial charge in [-0.15, -0.1) is 0 Å². The Balaban J connectivity index is 1.69. The third-order valence-electron chi connectivity index (χ3n) is 2.58. The van der Waals surface area contributed by atoms with Crippen molar-refractivity contribution in [3.8, 4) is 0 Å². The van der Waals surface area contributed by atoms with E-state index in [0.717, 1.165) is 5.56 Å². The number of carbonyl (C=O) groups is 1. The zero-order chi connectivity index (χ0) is 13.8. The lowest BCUT2D eigenvalue weighted by Crippen LogP contribution is -2.17. The van der Waals surface area contributed by atoms with Crippen LogP contribution in [0.1, 0.15) is 15.9 Å². The molecule has 0 aliphatic carbocycles. The van der Waals surface area contributed by atoms with E-state index in [0.29, 0.717) is 16.6 Å². The first-order valence-corrected chi connectivity index (χ1v) is 5.79. The first-order chi connectivity index (χ1) is 9.83. The molecule has 0 aliphatic rings. The predicted molar refractivity (Wildman–Crippen MR) is 71.1 cm³/mol. The number of hydrogen-bond donors (Lipinski definition) is 1. The molecule has 1 aromatic carbocycles. The van der Waals surface area contributed by atoms with Gasteiger partial charge in [-0.3, -0.25) is 9.78 Å². The van der Waals surface area contributed by atoms with Crippen molar-refractivity contribution >= 4 is 23.2 Å². The topological polar surface area (TPSA) is 93.3 Å². The van der Waals surface area contributed by atoms with Gasteiger partial charge in [0, 0.05) is 12.4 Å². The van der Waals surface area contributed by atoms with Gasteiger partial charge in [0.15, 0.2) is 0 Å². The fourth-order valence-electron chi connectivity index (χ4n) is 1.61. The van der Waals surface area contributed by atoms with Gasteiger partial charge in [-0.25, -0.2) is 10.1 Å². The minimum atomic E-state index is -0.321. The van der Waals surface area contributed by atoms with E-state index in [9.17, 15) is 4.79 Å². The molecule has 0 spiro atoms. The summed E-state index contributed by atoms with van der Waals surface area (Å²) in [5, 5.41) is 11.3. The lowest BCUT2D eigenvalue weighted by Gasteiger charge is -1.98. The second-order valence-electron chi connectivity index (χ2n) is 3.95. The number of fused-ring (bicyclic) bond motifs is 1. The van der Waals surface area contributed by atoms with Crippen LogP contribution in [0.2, 0.25) is 0 Å². The number of hydrogen-bond acceptors (Lipinski definition) is 6. The van der Waals surface area contributed by atoms with Gasteiger partial charge in [-0.2, -0.15) is 5.10 Å². The minimum Gasteiger partial charge on any atom is -0.267 e. The number of nitrogens with zero attached hydrogens (tertiary/aromatic N) is 4. The highest BCUT2D eigenvalue weighted by Crippen LogP contribution is 2.09. The van der Waals surface area contributed by atoms with Crippen LogP contribution in [0.5, 0.6) is 0 Å². The van der Waals surface area contributed by atoms with E-state index in [1.165, 1.54) is 12.4 Å². The third kappa shape index (κ3) is 2.51. The number of aromatic nitrogens is 3. The Hall–Kier alpha value is -3.09. The van der Waals surface area contributed by atoms with Crippen molar-refractivity contribution in [2.45, 2.75) is 0 Å². The number of benzene rings is 1. The normalized spacial score (nSPS) is 11.0. The Morgan fingerprint density at radius 2 is 2.15 bits per heavy atom. The van der Waals surface area contributed by atoms with E-state index in [-0.39, 0.29) is 5.91 Å². The molecule has 1 N–H and O–H groups in total. The third-order valence-corrected chi connectivity index (χ3v) is 2.58. The summed E-state index contributed by atoms with van der Waals surface area (Å²) in [4.78, 5) is 15.6. The molecule has 0 bridgehead atoms. The van der Waals surface area contributed by atoms with Gasteiger partial charge in [-0.05, 0) is 40.1 Å². The fraction of sp³-hybridized carbons (Fsp3) is 0. The average Bonchev–Trinajstić information content (AvgIpc) is 2.95. The molecule has 0 unspecified atom stereocenters. The molecule has 7 nitrogen and oxygen atoms in total. The van der Waals surface area contributed by atoms with Gasteiger partial charge >= 0.3 is 0 Å². The van der Waals surface area contributed by atoms with E-state index in [1.807, 2.05) is 0 Å². The van der Waals surface area contributed by atoms with Crippen molar-refractivity contribution in [1.82, 2.24) is 20.7 Å². The molecule has 2 heterocycles. The zero-order valence-electron chi connectivity index (χ0n) is 10.2. The van der Waals surface area contributed by atoms with E-state index in [1.54, 1.807) is 36.5 Å². The van der Waals surface area contributed by atoms with Crippen LogP contribution < -0.4 is 5.43 Å². The lowest BCUT2D eigenvalue weighted by atomic mass is 10.2. The highest BCUT2D eigenvalue weighted by molar-refractivity contribution is 5.94. The number of nitrogens with one attached hydrogen (secondary N) is 1. The van der Waals surface area contributed by atoms with E-state index < -0.39 is 0 Å². The van der Waals surface area contributed by atoms with Crippen LogP contribution in [0, 0.1) is 0 Å². The molecule has 3 rings (SSSR count). The van der Waals surface area contributed by atoms with Crippen LogP contribution in [-0.2, 0) is 0 Å². The molecule has 0 saturated carbocycles. The van der Waals surface area contributed by atoms with Crippen LogP contribution in [-0.4, -0.2) is 27.4 Å². The molecule has 7 heteroatoms. The zero-order valence-corrected chi connectivity index (χ0v) is 10.2. The maximum absolute atomic E-state index is 11.7. The smallest absolute Gasteiger partial charge is 0.267 e. The van der Waals surface area contributed by atoms with Gasteiger partial charge in [0.25, 0.3) is 5.91 Å².